The highest BCUT2D eigenvalue weighted by Gasteiger charge is 2.31. The molecule has 2 rings (SSSR count). The molecule has 4 nitrogen and oxygen atoms in total. The maximum atomic E-state index is 9.38. The van der Waals surface area contributed by atoms with Crippen molar-refractivity contribution in [1.29, 1.82) is 0 Å². The van der Waals surface area contributed by atoms with E-state index < -0.39 is 0 Å². The second-order valence-corrected chi connectivity index (χ2v) is 4.63. The van der Waals surface area contributed by atoms with Gasteiger partial charge in [0.05, 0.1) is 18.4 Å². The molecule has 94 valence electrons. The Bertz CT molecular complexity index is 370. The van der Waals surface area contributed by atoms with Crippen LogP contribution in [0.3, 0.4) is 0 Å². The number of aliphatic hydroxyl groups is 1. The van der Waals surface area contributed by atoms with E-state index in [-0.39, 0.29) is 18.8 Å². The number of ether oxygens (including phenoxy) is 1. The Kier molecular flexibility index (Phi) is 4.10. The van der Waals surface area contributed by atoms with Gasteiger partial charge < -0.3 is 9.84 Å². The summed E-state index contributed by atoms with van der Waals surface area (Å²) in [5, 5.41) is 9.38. The highest BCUT2D eigenvalue weighted by Crippen LogP contribution is 2.22. The number of hydrogen-bond donors (Lipinski definition) is 1. The molecule has 1 aliphatic rings. The SMILES string of the molecule is CO[C@@H]1C[C@@H](CO)N(Cc2ncccc2C)C1. The molecule has 1 saturated heterocycles. The predicted molar refractivity (Wildman–Crippen MR) is 65.7 cm³/mol. The molecular formula is C13H20N2O2. The molecule has 17 heavy (non-hydrogen) atoms. The lowest BCUT2D eigenvalue weighted by atomic mass is 10.2. The lowest BCUT2D eigenvalue weighted by Crippen LogP contribution is -2.32. The van der Waals surface area contributed by atoms with E-state index in [0.717, 1.165) is 25.2 Å². The van der Waals surface area contributed by atoms with Crippen LogP contribution in [-0.4, -0.2) is 47.4 Å². The molecule has 0 radical (unpaired) electrons. The smallest absolute Gasteiger partial charge is 0.0714 e. The first-order chi connectivity index (χ1) is 8.24. The largest absolute Gasteiger partial charge is 0.395 e. The maximum Gasteiger partial charge on any atom is 0.0714 e. The average molecular weight is 236 g/mol. The van der Waals surface area contributed by atoms with Crippen LogP contribution < -0.4 is 0 Å². The van der Waals surface area contributed by atoms with Crippen molar-refractivity contribution in [3.63, 3.8) is 0 Å². The highest BCUT2D eigenvalue weighted by molar-refractivity contribution is 5.17. The van der Waals surface area contributed by atoms with Gasteiger partial charge in [0, 0.05) is 32.4 Å². The van der Waals surface area contributed by atoms with Gasteiger partial charge in [-0.3, -0.25) is 9.88 Å². The minimum Gasteiger partial charge on any atom is -0.395 e. The van der Waals surface area contributed by atoms with Crippen molar-refractivity contribution in [3.8, 4) is 0 Å². The Morgan fingerprint density at radius 2 is 2.41 bits per heavy atom. The fraction of sp³-hybridized carbons (Fsp3) is 0.615. The topological polar surface area (TPSA) is 45.6 Å². The zero-order chi connectivity index (χ0) is 12.3. The van der Waals surface area contributed by atoms with E-state index in [2.05, 4.69) is 22.9 Å². The number of methoxy groups -OCH3 is 1. The summed E-state index contributed by atoms with van der Waals surface area (Å²) in [5.41, 5.74) is 2.28. The Hall–Kier alpha value is -0.970. The van der Waals surface area contributed by atoms with Crippen LogP contribution in [0.5, 0.6) is 0 Å². The van der Waals surface area contributed by atoms with Crippen LogP contribution in [-0.2, 0) is 11.3 Å². The van der Waals surface area contributed by atoms with Crippen molar-refractivity contribution in [1.82, 2.24) is 9.88 Å². The van der Waals surface area contributed by atoms with Crippen molar-refractivity contribution < 1.29 is 9.84 Å². The summed E-state index contributed by atoms with van der Waals surface area (Å²) in [5.74, 6) is 0. The number of rotatable bonds is 4. The van der Waals surface area contributed by atoms with Gasteiger partial charge in [-0.15, -0.1) is 0 Å². The molecule has 0 saturated carbocycles. The minimum atomic E-state index is 0.186. The van der Waals surface area contributed by atoms with Gasteiger partial charge in [-0.1, -0.05) is 6.07 Å². The van der Waals surface area contributed by atoms with Crippen LogP contribution in [0.4, 0.5) is 0 Å². The predicted octanol–water partition coefficient (Wildman–Crippen LogP) is 0.972. The van der Waals surface area contributed by atoms with E-state index in [1.165, 1.54) is 5.56 Å². The van der Waals surface area contributed by atoms with Crippen LogP contribution in [0.15, 0.2) is 18.3 Å². The van der Waals surface area contributed by atoms with Gasteiger partial charge in [0.2, 0.25) is 0 Å². The zero-order valence-electron chi connectivity index (χ0n) is 10.5. The molecule has 1 aromatic rings. The van der Waals surface area contributed by atoms with Gasteiger partial charge in [-0.25, -0.2) is 0 Å². The van der Waals surface area contributed by atoms with Gasteiger partial charge in [-0.2, -0.15) is 0 Å². The number of aromatic nitrogens is 1. The quantitative estimate of drug-likeness (QED) is 0.846. The van der Waals surface area contributed by atoms with E-state index in [9.17, 15) is 5.11 Å². The molecule has 1 N–H and O–H groups in total. The van der Waals surface area contributed by atoms with E-state index in [1.807, 2.05) is 12.3 Å². The first kappa shape index (κ1) is 12.5. The summed E-state index contributed by atoms with van der Waals surface area (Å²) in [6.45, 7) is 3.92. The summed E-state index contributed by atoms with van der Waals surface area (Å²) in [7, 11) is 1.73. The van der Waals surface area contributed by atoms with Crippen molar-refractivity contribution >= 4 is 0 Å². The number of nitrogens with zero attached hydrogens (tertiary/aromatic N) is 2. The lowest BCUT2D eigenvalue weighted by Gasteiger charge is -2.22. The molecule has 2 atom stereocenters. The summed E-state index contributed by atoms with van der Waals surface area (Å²) >= 11 is 0. The summed E-state index contributed by atoms with van der Waals surface area (Å²) in [4.78, 5) is 6.65. The fourth-order valence-electron chi connectivity index (χ4n) is 2.37. The molecule has 4 heteroatoms. The first-order valence-electron chi connectivity index (χ1n) is 6.02. The van der Waals surface area contributed by atoms with Gasteiger partial charge >= 0.3 is 0 Å². The molecule has 1 aromatic heterocycles. The summed E-state index contributed by atoms with van der Waals surface area (Å²) in [6, 6.07) is 4.21. The molecule has 0 unspecified atom stereocenters. The molecule has 1 fully saturated rings. The third-order valence-electron chi connectivity index (χ3n) is 3.50. The standard InChI is InChI=1S/C13H20N2O2/c1-10-4-3-5-14-13(10)8-15-7-12(17-2)6-11(15)9-16/h3-5,11-12,16H,6-9H2,1-2H3/t11-,12+/m0/s1. The fourth-order valence-corrected chi connectivity index (χ4v) is 2.37. The molecule has 0 spiro atoms. The molecule has 2 heterocycles. The molecular weight excluding hydrogens is 216 g/mol. The van der Waals surface area contributed by atoms with Crippen molar-refractivity contribution in [2.75, 3.05) is 20.3 Å². The first-order valence-corrected chi connectivity index (χ1v) is 6.02. The number of pyridine rings is 1. The van der Waals surface area contributed by atoms with Crippen molar-refractivity contribution in [2.24, 2.45) is 0 Å². The monoisotopic (exact) mass is 236 g/mol. The Morgan fingerprint density at radius 3 is 3.06 bits per heavy atom. The van der Waals surface area contributed by atoms with Crippen molar-refractivity contribution in [3.05, 3.63) is 29.6 Å². The minimum absolute atomic E-state index is 0.186. The van der Waals surface area contributed by atoms with Crippen LogP contribution in [0.25, 0.3) is 0 Å². The maximum absolute atomic E-state index is 9.38. The van der Waals surface area contributed by atoms with Crippen LogP contribution >= 0.6 is 0 Å². The van der Waals surface area contributed by atoms with Gasteiger partial charge in [-0.05, 0) is 25.0 Å². The lowest BCUT2D eigenvalue weighted by molar-refractivity contribution is 0.107. The van der Waals surface area contributed by atoms with E-state index in [1.54, 1.807) is 7.11 Å². The van der Waals surface area contributed by atoms with Crippen LogP contribution in [0, 0.1) is 6.92 Å². The molecule has 0 bridgehead atoms. The van der Waals surface area contributed by atoms with Gasteiger partial charge in [0.15, 0.2) is 0 Å². The van der Waals surface area contributed by atoms with Crippen molar-refractivity contribution in [2.45, 2.75) is 32.0 Å². The average Bonchev–Trinajstić information content (AvgIpc) is 2.74. The summed E-state index contributed by atoms with van der Waals surface area (Å²) < 4.78 is 5.37. The Balaban J connectivity index is 2.05. The normalized spacial score (nSPS) is 25.4. The number of likely N-dealkylation sites (tertiary alicyclic amines) is 1. The Labute approximate surface area is 102 Å². The zero-order valence-corrected chi connectivity index (χ0v) is 10.5. The third-order valence-corrected chi connectivity index (χ3v) is 3.50. The molecule has 0 aliphatic carbocycles. The van der Waals surface area contributed by atoms with Crippen LogP contribution in [0.1, 0.15) is 17.7 Å². The second kappa shape index (κ2) is 5.58. The molecule has 0 aromatic carbocycles. The van der Waals surface area contributed by atoms with E-state index >= 15 is 0 Å². The number of hydrogen-bond acceptors (Lipinski definition) is 4. The number of aliphatic hydroxyl groups excluding tert-OH is 1. The van der Waals surface area contributed by atoms with Gasteiger partial charge in [0.25, 0.3) is 0 Å². The van der Waals surface area contributed by atoms with E-state index in [0.29, 0.717) is 0 Å². The second-order valence-electron chi connectivity index (χ2n) is 4.63. The van der Waals surface area contributed by atoms with Crippen LogP contribution in [0.2, 0.25) is 0 Å². The molecule has 1 aliphatic heterocycles. The number of aryl methyl sites for hydroxylation is 1. The summed E-state index contributed by atoms with van der Waals surface area (Å²) in [6.07, 6.45) is 2.95. The van der Waals surface area contributed by atoms with E-state index in [4.69, 9.17) is 4.74 Å². The third kappa shape index (κ3) is 2.83. The molecule has 0 amide bonds. The Morgan fingerprint density at radius 1 is 1.59 bits per heavy atom. The highest BCUT2D eigenvalue weighted by atomic mass is 16.5. The van der Waals surface area contributed by atoms with Gasteiger partial charge in [0.1, 0.15) is 0 Å².